The van der Waals surface area contributed by atoms with Crippen molar-refractivity contribution < 1.29 is 13.6 Å². The highest BCUT2D eigenvalue weighted by atomic mass is 32.1. The molecule has 1 aliphatic heterocycles. The van der Waals surface area contributed by atoms with E-state index >= 15 is 0 Å². The highest BCUT2D eigenvalue weighted by Crippen LogP contribution is 2.37. The first-order valence-corrected chi connectivity index (χ1v) is 8.87. The summed E-state index contributed by atoms with van der Waals surface area (Å²) >= 11 is 1.57. The first-order chi connectivity index (χ1) is 12.0. The summed E-state index contributed by atoms with van der Waals surface area (Å²) in [7, 11) is 0. The van der Waals surface area contributed by atoms with Gasteiger partial charge in [0.05, 0.1) is 16.3 Å². The van der Waals surface area contributed by atoms with Crippen LogP contribution in [0.2, 0.25) is 0 Å². The van der Waals surface area contributed by atoms with Gasteiger partial charge in [-0.05, 0) is 38.0 Å². The van der Waals surface area contributed by atoms with E-state index in [9.17, 15) is 13.6 Å². The van der Waals surface area contributed by atoms with Crippen LogP contribution < -0.4 is 0 Å². The lowest BCUT2D eigenvalue weighted by atomic mass is 10.2. The van der Waals surface area contributed by atoms with Crippen LogP contribution in [-0.4, -0.2) is 32.1 Å². The first-order valence-electron chi connectivity index (χ1n) is 8.05. The summed E-state index contributed by atoms with van der Waals surface area (Å²) in [5, 5.41) is 4.67. The molecule has 4 rings (SSSR count). The molecule has 5 nitrogen and oxygen atoms in total. The Morgan fingerprint density at radius 2 is 2.16 bits per heavy atom. The van der Waals surface area contributed by atoms with Crippen molar-refractivity contribution in [2.75, 3.05) is 6.54 Å². The minimum absolute atomic E-state index is 0.0609. The van der Waals surface area contributed by atoms with Crippen LogP contribution in [-0.2, 0) is 0 Å². The zero-order valence-corrected chi connectivity index (χ0v) is 14.3. The number of nitrogens with zero attached hydrogens (tertiary/aromatic N) is 4. The van der Waals surface area contributed by atoms with E-state index in [4.69, 9.17) is 0 Å². The summed E-state index contributed by atoms with van der Waals surface area (Å²) in [6.07, 6.45) is 1.68. The number of aryl methyl sites for hydroxylation is 1. The van der Waals surface area contributed by atoms with E-state index < -0.39 is 6.55 Å². The molecule has 130 valence electrons. The number of carbonyl (C=O) groups excluding carboxylic acids is 1. The van der Waals surface area contributed by atoms with Gasteiger partial charge in [0.15, 0.2) is 5.69 Å². The predicted molar refractivity (Wildman–Crippen MR) is 90.8 cm³/mol. The number of halogens is 2. The lowest BCUT2D eigenvalue weighted by molar-refractivity contribution is 0.0530. The molecule has 3 heterocycles. The zero-order valence-electron chi connectivity index (χ0n) is 13.5. The molecule has 0 bridgehead atoms. The van der Waals surface area contributed by atoms with Gasteiger partial charge in [-0.25, -0.2) is 9.67 Å². The molecule has 0 N–H and O–H groups in total. The number of amides is 1. The molecule has 1 saturated heterocycles. The van der Waals surface area contributed by atoms with E-state index in [0.717, 1.165) is 28.1 Å². The molecule has 3 aromatic rings. The number of hydrogen-bond donors (Lipinski definition) is 0. The fraction of sp³-hybridized carbons (Fsp3) is 0.353. The minimum atomic E-state index is -2.75. The Labute approximate surface area is 146 Å². The van der Waals surface area contributed by atoms with Gasteiger partial charge >= 0.3 is 6.55 Å². The largest absolute Gasteiger partial charge is 0.333 e. The van der Waals surface area contributed by atoms with Crippen LogP contribution in [0.5, 0.6) is 0 Å². The molecule has 0 radical (unpaired) electrons. The molecular weight excluding hydrogens is 346 g/mol. The normalized spacial score (nSPS) is 17.8. The number of rotatable bonds is 3. The van der Waals surface area contributed by atoms with Gasteiger partial charge in [0, 0.05) is 12.2 Å². The van der Waals surface area contributed by atoms with Crippen molar-refractivity contribution in [2.45, 2.75) is 32.4 Å². The Balaban J connectivity index is 1.64. The van der Waals surface area contributed by atoms with Gasteiger partial charge in [0.25, 0.3) is 5.91 Å². The van der Waals surface area contributed by atoms with Gasteiger partial charge in [-0.1, -0.05) is 12.1 Å². The molecule has 0 aliphatic carbocycles. The molecule has 8 heteroatoms. The van der Waals surface area contributed by atoms with E-state index in [1.54, 1.807) is 16.2 Å². The highest BCUT2D eigenvalue weighted by Gasteiger charge is 2.34. The van der Waals surface area contributed by atoms with Crippen LogP contribution in [0.25, 0.3) is 10.2 Å². The molecule has 1 amide bonds. The summed E-state index contributed by atoms with van der Waals surface area (Å²) in [5.74, 6) is -0.316. The number of alkyl halides is 2. The summed E-state index contributed by atoms with van der Waals surface area (Å²) in [6, 6.07) is 9.14. The predicted octanol–water partition coefficient (Wildman–Crippen LogP) is 4.17. The summed E-state index contributed by atoms with van der Waals surface area (Å²) < 4.78 is 27.5. The van der Waals surface area contributed by atoms with Crippen molar-refractivity contribution in [2.24, 2.45) is 0 Å². The van der Waals surface area contributed by atoms with Crippen LogP contribution in [0.4, 0.5) is 8.78 Å². The van der Waals surface area contributed by atoms with Crippen LogP contribution in [0.1, 0.15) is 46.6 Å². The van der Waals surface area contributed by atoms with Crippen molar-refractivity contribution in [3.63, 3.8) is 0 Å². The third-order valence-corrected chi connectivity index (χ3v) is 5.57. The number of hydrogen-bond acceptors (Lipinski definition) is 4. The number of likely N-dealkylation sites (tertiary alicyclic amines) is 1. The van der Waals surface area contributed by atoms with Gasteiger partial charge in [-0.2, -0.15) is 13.9 Å². The molecule has 25 heavy (non-hydrogen) atoms. The van der Waals surface area contributed by atoms with E-state index in [-0.39, 0.29) is 23.3 Å². The van der Waals surface area contributed by atoms with Crippen molar-refractivity contribution in [1.82, 2.24) is 19.7 Å². The maximum absolute atomic E-state index is 12.9. The Morgan fingerprint density at radius 1 is 1.36 bits per heavy atom. The first kappa shape index (κ1) is 16.1. The third kappa shape index (κ3) is 2.80. The molecule has 1 aromatic carbocycles. The van der Waals surface area contributed by atoms with E-state index in [0.29, 0.717) is 11.2 Å². The molecule has 1 fully saturated rings. The van der Waals surface area contributed by atoms with E-state index in [1.807, 2.05) is 24.3 Å². The Bertz CT molecular complexity index is 903. The van der Waals surface area contributed by atoms with Crippen LogP contribution in [0.3, 0.4) is 0 Å². The van der Waals surface area contributed by atoms with Crippen molar-refractivity contribution in [3.8, 4) is 0 Å². The average molecular weight is 362 g/mol. The summed E-state index contributed by atoms with van der Waals surface area (Å²) in [5.41, 5.74) is 1.25. The van der Waals surface area contributed by atoms with Crippen LogP contribution >= 0.6 is 11.3 Å². The highest BCUT2D eigenvalue weighted by molar-refractivity contribution is 7.18. The van der Waals surface area contributed by atoms with E-state index in [1.165, 1.54) is 13.0 Å². The van der Waals surface area contributed by atoms with Gasteiger partial charge in [0.2, 0.25) is 0 Å². The second-order valence-corrected chi connectivity index (χ2v) is 7.13. The summed E-state index contributed by atoms with van der Waals surface area (Å²) in [4.78, 5) is 19.2. The number of para-hydroxylation sites is 1. The van der Waals surface area contributed by atoms with Gasteiger partial charge in [0.1, 0.15) is 5.01 Å². The van der Waals surface area contributed by atoms with Gasteiger partial charge in [-0.3, -0.25) is 4.79 Å². The van der Waals surface area contributed by atoms with E-state index in [2.05, 4.69) is 10.1 Å². The quantitative estimate of drug-likeness (QED) is 0.702. The molecule has 1 atom stereocenters. The number of fused-ring (bicyclic) bond motifs is 1. The fourth-order valence-electron chi connectivity index (χ4n) is 3.24. The topological polar surface area (TPSA) is 51.0 Å². The zero-order chi connectivity index (χ0) is 17.6. The number of aromatic nitrogens is 3. The Kier molecular flexibility index (Phi) is 3.99. The second-order valence-electron chi connectivity index (χ2n) is 6.07. The van der Waals surface area contributed by atoms with Crippen molar-refractivity contribution in [1.29, 1.82) is 0 Å². The lowest BCUT2D eigenvalue weighted by Gasteiger charge is -2.22. The lowest BCUT2D eigenvalue weighted by Crippen LogP contribution is -2.31. The molecule has 1 unspecified atom stereocenters. The second kappa shape index (κ2) is 6.18. The number of benzene rings is 1. The molecule has 1 aliphatic rings. The monoisotopic (exact) mass is 362 g/mol. The Hall–Kier alpha value is -2.35. The maximum Gasteiger partial charge on any atom is 0.333 e. The number of thiazole rings is 1. The standard InChI is InChI=1S/C17H16F2N4OS/c1-10-9-12(21-23(10)17(18)19)16(24)22-8-4-6-13(22)15-20-11-5-2-3-7-14(11)25-15/h2-3,5,7,9,13,17H,4,6,8H2,1H3. The molecular formula is C17H16F2N4OS. The third-order valence-electron chi connectivity index (χ3n) is 4.44. The minimum Gasteiger partial charge on any atom is -0.328 e. The summed E-state index contributed by atoms with van der Waals surface area (Å²) in [6.45, 7) is -0.648. The maximum atomic E-state index is 12.9. The smallest absolute Gasteiger partial charge is 0.328 e. The number of carbonyl (C=O) groups is 1. The average Bonchev–Trinajstić information content (AvgIpc) is 3.30. The van der Waals surface area contributed by atoms with Gasteiger partial charge in [-0.15, -0.1) is 11.3 Å². The molecule has 0 spiro atoms. The molecule has 0 saturated carbocycles. The Morgan fingerprint density at radius 3 is 2.88 bits per heavy atom. The van der Waals surface area contributed by atoms with Crippen LogP contribution in [0, 0.1) is 6.92 Å². The SMILES string of the molecule is Cc1cc(C(=O)N2CCCC2c2nc3ccccc3s2)nn1C(F)F. The van der Waals surface area contributed by atoms with Crippen LogP contribution in [0.15, 0.2) is 30.3 Å². The van der Waals surface area contributed by atoms with Gasteiger partial charge < -0.3 is 4.90 Å². The molecule has 2 aromatic heterocycles. The fourth-order valence-corrected chi connectivity index (χ4v) is 4.35. The van der Waals surface area contributed by atoms with Crippen molar-refractivity contribution in [3.05, 3.63) is 46.7 Å². The van der Waals surface area contributed by atoms with Crippen molar-refractivity contribution >= 4 is 27.5 Å².